The van der Waals surface area contributed by atoms with Crippen LogP contribution in [0.4, 0.5) is 0 Å². The topological polar surface area (TPSA) is 0 Å². The summed E-state index contributed by atoms with van der Waals surface area (Å²) in [6, 6.07) is 29.7. The second kappa shape index (κ2) is 13.2. The van der Waals surface area contributed by atoms with Crippen molar-refractivity contribution in [2.75, 3.05) is 0 Å². The predicted molar refractivity (Wildman–Crippen MR) is 134 cm³/mol. The molecule has 34 heavy (non-hydrogen) atoms. The van der Waals surface area contributed by atoms with Gasteiger partial charge in [-0.15, -0.1) is 5.19 Å². The van der Waals surface area contributed by atoms with Crippen molar-refractivity contribution in [1.82, 2.24) is 0 Å². The molecule has 0 fully saturated rings. The molecule has 5 heteroatoms. The summed E-state index contributed by atoms with van der Waals surface area (Å²) in [5.41, 5.74) is 8.48. The van der Waals surface area contributed by atoms with E-state index in [9.17, 15) is 0 Å². The average Bonchev–Trinajstić information content (AvgIpc) is 2.94. The Morgan fingerprint density at radius 3 is 1.21 bits per heavy atom. The summed E-state index contributed by atoms with van der Waals surface area (Å²) in [4.78, 5) is 0. The molecule has 0 heterocycles. The van der Waals surface area contributed by atoms with Crippen molar-refractivity contribution in [1.29, 1.82) is 0 Å². The summed E-state index contributed by atoms with van der Waals surface area (Å²) in [6.45, 7) is 13.7. The molecule has 0 aromatic heterocycles. The van der Waals surface area contributed by atoms with E-state index < -0.39 is 8.07 Å². The van der Waals surface area contributed by atoms with E-state index in [2.05, 4.69) is 120 Å². The molecule has 0 amide bonds. The van der Waals surface area contributed by atoms with E-state index >= 15 is 0 Å². The first-order valence-electron chi connectivity index (χ1n) is 10.8. The first-order valence-corrected chi connectivity index (χ1v) is 12.8. The summed E-state index contributed by atoms with van der Waals surface area (Å²) in [5, 5.41) is 5.96. The first kappa shape index (κ1) is 32.8. The zero-order valence-electron chi connectivity index (χ0n) is 20.6. The average molecular weight is 562 g/mol. The summed E-state index contributed by atoms with van der Waals surface area (Å²) in [5.74, 6) is 0. The third kappa shape index (κ3) is 5.46. The van der Waals surface area contributed by atoms with E-state index in [1.165, 1.54) is 48.9 Å². The molecule has 0 bridgehead atoms. The SMILES string of the molecule is Cc1cc(C)cc([Si](c2ccccc2)(c2ccccc2)[c-]2c(C)c(C)c(C)c2C)c1.[Cl-].[Cl-].[Cl-].[Ti+4]. The number of aryl methyl sites for hydroxylation is 2. The number of hydrogen-bond donors (Lipinski definition) is 0. The molecule has 0 aliphatic rings. The maximum absolute atomic E-state index is 2.46. The van der Waals surface area contributed by atoms with Crippen LogP contribution in [0.5, 0.6) is 0 Å². The van der Waals surface area contributed by atoms with Crippen molar-refractivity contribution in [3.8, 4) is 0 Å². The fourth-order valence-electron chi connectivity index (χ4n) is 5.28. The molecule has 0 unspecified atom stereocenters. The molecular weight excluding hydrogens is 531 g/mol. The Bertz CT molecular complexity index is 1120. The molecule has 0 aliphatic carbocycles. The first-order chi connectivity index (χ1) is 14.4. The van der Waals surface area contributed by atoms with Crippen LogP contribution in [0.3, 0.4) is 0 Å². The largest absolute Gasteiger partial charge is 4.00 e. The van der Waals surface area contributed by atoms with E-state index in [1.807, 2.05) is 0 Å². The van der Waals surface area contributed by atoms with Gasteiger partial charge in [-0.2, -0.15) is 22.3 Å². The van der Waals surface area contributed by atoms with Crippen molar-refractivity contribution >= 4 is 28.8 Å². The molecule has 0 aliphatic heterocycles. The van der Waals surface area contributed by atoms with Gasteiger partial charge in [-0.3, -0.25) is 0 Å². The van der Waals surface area contributed by atoms with Crippen molar-refractivity contribution in [2.45, 2.75) is 41.5 Å². The molecule has 4 rings (SSSR count). The summed E-state index contributed by atoms with van der Waals surface area (Å²) in [6.07, 6.45) is 0. The molecule has 0 radical (unpaired) electrons. The van der Waals surface area contributed by atoms with Crippen LogP contribution >= 0.6 is 0 Å². The minimum absolute atomic E-state index is 0. The molecule has 0 N–H and O–H groups in total. The molecule has 176 valence electrons. The van der Waals surface area contributed by atoms with Crippen LogP contribution in [0.2, 0.25) is 0 Å². The van der Waals surface area contributed by atoms with Crippen LogP contribution in [0.25, 0.3) is 0 Å². The van der Waals surface area contributed by atoms with Gasteiger partial charge in [0.25, 0.3) is 0 Å². The Morgan fingerprint density at radius 1 is 0.500 bits per heavy atom. The summed E-state index contributed by atoms with van der Waals surface area (Å²) < 4.78 is 0. The molecule has 0 atom stereocenters. The van der Waals surface area contributed by atoms with Crippen molar-refractivity contribution < 1.29 is 58.9 Å². The smallest absolute Gasteiger partial charge is 1.00 e. The summed E-state index contributed by atoms with van der Waals surface area (Å²) in [7, 11) is -2.46. The Balaban J connectivity index is 0.00000272. The third-order valence-corrected chi connectivity index (χ3v) is 11.9. The third-order valence-electron chi connectivity index (χ3n) is 6.88. The molecule has 0 saturated heterocycles. The van der Waals surface area contributed by atoms with Gasteiger partial charge >= 0.3 is 21.7 Å². The van der Waals surface area contributed by atoms with Crippen LogP contribution in [0.1, 0.15) is 33.4 Å². The fourth-order valence-corrected chi connectivity index (χ4v) is 10.9. The molecule has 0 nitrogen and oxygen atoms in total. The maximum Gasteiger partial charge on any atom is 4.00 e. The van der Waals surface area contributed by atoms with Gasteiger partial charge in [-0.25, -0.2) is 0 Å². The van der Waals surface area contributed by atoms with E-state index in [1.54, 1.807) is 5.19 Å². The van der Waals surface area contributed by atoms with Gasteiger partial charge in [-0.05, 0) is 13.8 Å². The monoisotopic (exact) mass is 560 g/mol. The van der Waals surface area contributed by atoms with E-state index in [0.717, 1.165) is 0 Å². The van der Waals surface area contributed by atoms with Crippen LogP contribution < -0.4 is 58.0 Å². The standard InChI is InChI=1S/C29H31Si.3ClH.Ti/c1-20-17-21(2)19-28(18-20)30(26-13-9-7-10-14-26,27-15-11-8-12-16-27)29-24(5)22(3)23(4)25(29)6;;;;/h7-19H,1-6H3;3*1H;/q-1;;;;+4/p-3. The minimum atomic E-state index is -2.46. The quantitative estimate of drug-likeness (QED) is 0.134. The number of rotatable bonds is 4. The Morgan fingerprint density at radius 2 is 0.853 bits per heavy atom. The van der Waals surface area contributed by atoms with Crippen LogP contribution in [-0.2, 0) is 21.7 Å². The summed E-state index contributed by atoms with van der Waals surface area (Å²) >= 11 is 0. The Labute approximate surface area is 240 Å². The van der Waals surface area contributed by atoms with Crippen LogP contribution in [-0.4, -0.2) is 8.07 Å². The molecule has 4 aromatic carbocycles. The number of benzene rings is 3. The van der Waals surface area contributed by atoms with Crippen molar-refractivity contribution in [3.63, 3.8) is 0 Å². The zero-order valence-corrected chi connectivity index (χ0v) is 25.5. The van der Waals surface area contributed by atoms with Gasteiger partial charge in [0.2, 0.25) is 0 Å². The van der Waals surface area contributed by atoms with E-state index in [4.69, 9.17) is 0 Å². The van der Waals surface area contributed by atoms with Crippen LogP contribution in [0, 0.1) is 41.5 Å². The van der Waals surface area contributed by atoms with Gasteiger partial charge in [0.1, 0.15) is 8.07 Å². The number of hydrogen-bond acceptors (Lipinski definition) is 0. The van der Waals surface area contributed by atoms with E-state index in [-0.39, 0.29) is 58.9 Å². The molecular formula is C29H31Cl3SiTi. The second-order valence-electron chi connectivity index (χ2n) is 8.73. The fraction of sp³-hybridized carbons (Fsp3) is 0.207. The van der Waals surface area contributed by atoms with Crippen LogP contribution in [0.15, 0.2) is 78.9 Å². The minimum Gasteiger partial charge on any atom is -1.00 e. The predicted octanol–water partition coefficient (Wildman–Crippen LogP) is -4.36. The maximum atomic E-state index is 2.44. The van der Waals surface area contributed by atoms with Gasteiger partial charge in [-0.1, -0.05) is 133 Å². The molecule has 4 aromatic rings. The normalized spacial score (nSPS) is 10.3. The Kier molecular flexibility index (Phi) is 12.7. The van der Waals surface area contributed by atoms with Gasteiger partial charge in [0.05, 0.1) is 0 Å². The van der Waals surface area contributed by atoms with Gasteiger partial charge in [0.15, 0.2) is 0 Å². The van der Waals surface area contributed by atoms with Crippen molar-refractivity contribution in [2.24, 2.45) is 0 Å². The second-order valence-corrected chi connectivity index (χ2v) is 12.5. The van der Waals surface area contributed by atoms with E-state index in [0.29, 0.717) is 0 Å². The van der Waals surface area contributed by atoms with Gasteiger partial charge in [0, 0.05) is 0 Å². The van der Waals surface area contributed by atoms with Crippen molar-refractivity contribution in [3.05, 3.63) is 112 Å². The Hall–Kier alpha value is -1.19. The number of halogens is 3. The molecule has 0 saturated carbocycles. The van der Waals surface area contributed by atoms with Gasteiger partial charge < -0.3 is 37.2 Å². The zero-order chi connectivity index (χ0) is 21.5. The molecule has 0 spiro atoms.